The first-order valence-electron chi connectivity index (χ1n) is 15.1. The van der Waals surface area contributed by atoms with E-state index in [0.29, 0.717) is 37.5 Å². The molecule has 7 atom stereocenters. The van der Waals surface area contributed by atoms with Crippen LogP contribution in [0.15, 0.2) is 12.2 Å². The van der Waals surface area contributed by atoms with Crippen LogP contribution >= 0.6 is 0 Å². The number of hydrogen-bond donors (Lipinski definition) is 5. The third kappa shape index (κ3) is 7.22. The Kier molecular flexibility index (Phi) is 9.68. The molecule has 12 nitrogen and oxygen atoms in total. The number of amides is 2. The highest BCUT2D eigenvalue weighted by Gasteiger charge is 2.68. The van der Waals surface area contributed by atoms with Crippen molar-refractivity contribution in [1.82, 2.24) is 21.4 Å². The first kappa shape index (κ1) is 31.3. The largest absolute Gasteiger partial charge is 0.481 e. The van der Waals surface area contributed by atoms with Crippen molar-refractivity contribution in [2.75, 3.05) is 6.54 Å². The van der Waals surface area contributed by atoms with Gasteiger partial charge in [0.05, 0.1) is 17.6 Å². The minimum atomic E-state index is -0.813. The third-order valence-electron chi connectivity index (χ3n) is 9.74. The lowest BCUT2D eigenvalue weighted by atomic mass is 9.43. The fourth-order valence-corrected chi connectivity index (χ4v) is 7.38. The Labute approximate surface area is 243 Å². The molecule has 0 radical (unpaired) electrons. The summed E-state index contributed by atoms with van der Waals surface area (Å²) in [5, 5.41) is 26.0. The Morgan fingerprint density at radius 1 is 1.22 bits per heavy atom. The van der Waals surface area contributed by atoms with Crippen LogP contribution in [0.4, 0.5) is 0 Å². The van der Waals surface area contributed by atoms with Crippen molar-refractivity contribution in [3.63, 3.8) is 0 Å². The average Bonchev–Trinajstić information content (AvgIpc) is 3.51. The SMILES string of the molecule is CC(C)C[C@H](NC(=O)[C@H](CCCNC(=N)N[N+](=O)[O-])NC(=O)CC1C=CCC1)B1O[C@@H]2C[C@@H]3C[C@@H](C3(C)C)[C@]2(C)O1. The molecule has 228 valence electrons. The van der Waals surface area contributed by atoms with E-state index in [1.807, 2.05) is 6.08 Å². The van der Waals surface area contributed by atoms with E-state index < -0.39 is 24.2 Å². The quantitative estimate of drug-likeness (QED) is 0.0426. The Bertz CT molecular complexity index is 1040. The van der Waals surface area contributed by atoms with Gasteiger partial charge in [0.1, 0.15) is 6.04 Å². The molecule has 0 spiro atoms. The molecule has 1 aliphatic heterocycles. The standard InChI is InChI=1S/C28H47BN6O6/c1-17(2)13-23(29-40-22-16-19-15-21(27(19,3)4)28(22,5)41-29)33-25(37)20(11-8-12-31-26(30)34-35(38)39)32-24(36)14-18-9-6-7-10-18/h6,9,17-23H,7-8,10-16H2,1-5H3,(H,32,36)(H,33,37)(H3,30,31,34)/t18?,19-,20-,21-,22+,23-,28-/m0/s1. The van der Waals surface area contributed by atoms with Crippen molar-refractivity contribution in [2.24, 2.45) is 29.1 Å². The van der Waals surface area contributed by atoms with Crippen molar-refractivity contribution in [3.05, 3.63) is 22.3 Å². The van der Waals surface area contributed by atoms with E-state index in [0.717, 1.165) is 25.7 Å². The van der Waals surface area contributed by atoms with Crippen molar-refractivity contribution in [3.8, 4) is 0 Å². The number of carbonyl (C=O) groups is 2. The van der Waals surface area contributed by atoms with Crippen LogP contribution < -0.4 is 21.4 Å². The van der Waals surface area contributed by atoms with E-state index in [2.05, 4.69) is 56.6 Å². The zero-order chi connectivity index (χ0) is 29.9. The van der Waals surface area contributed by atoms with Crippen LogP contribution in [0.2, 0.25) is 0 Å². The normalized spacial score (nSPS) is 30.6. The van der Waals surface area contributed by atoms with Crippen molar-refractivity contribution < 1.29 is 23.9 Å². The number of rotatable bonds is 13. The molecule has 2 amide bonds. The number of nitrogens with one attached hydrogen (secondary N) is 5. The van der Waals surface area contributed by atoms with Gasteiger partial charge < -0.3 is 25.3 Å². The Hall–Kier alpha value is -2.67. The van der Waals surface area contributed by atoms with Gasteiger partial charge in [0.2, 0.25) is 11.8 Å². The van der Waals surface area contributed by atoms with Crippen LogP contribution in [-0.4, -0.2) is 60.2 Å². The van der Waals surface area contributed by atoms with Crippen LogP contribution in [-0.2, 0) is 18.9 Å². The summed E-state index contributed by atoms with van der Waals surface area (Å²) in [6, 6.07) is -0.798. The predicted molar refractivity (Wildman–Crippen MR) is 155 cm³/mol. The number of hydrogen-bond acceptors (Lipinski definition) is 7. The minimum Gasteiger partial charge on any atom is -0.404 e. The van der Waals surface area contributed by atoms with Crippen molar-refractivity contribution in [1.29, 1.82) is 5.41 Å². The van der Waals surface area contributed by atoms with Crippen LogP contribution in [0, 0.1) is 44.6 Å². The molecule has 13 heteroatoms. The van der Waals surface area contributed by atoms with Gasteiger partial charge in [-0.3, -0.25) is 15.0 Å². The van der Waals surface area contributed by atoms with E-state index >= 15 is 0 Å². The summed E-state index contributed by atoms with van der Waals surface area (Å²) in [5.41, 5.74) is 1.57. The van der Waals surface area contributed by atoms with E-state index in [9.17, 15) is 19.7 Å². The smallest absolute Gasteiger partial charge is 0.404 e. The van der Waals surface area contributed by atoms with E-state index in [-0.39, 0.29) is 53.3 Å². The second kappa shape index (κ2) is 12.7. The van der Waals surface area contributed by atoms with Crippen LogP contribution in [0.5, 0.6) is 0 Å². The minimum absolute atomic E-state index is 0.0000251. The predicted octanol–water partition coefficient (Wildman–Crippen LogP) is 2.71. The number of carbonyl (C=O) groups excluding carboxylic acids is 2. The van der Waals surface area contributed by atoms with Gasteiger partial charge in [0.15, 0.2) is 5.03 Å². The molecule has 5 rings (SSSR count). The maximum Gasteiger partial charge on any atom is 0.481 e. The topological polar surface area (TPSA) is 168 Å². The van der Waals surface area contributed by atoms with Crippen molar-refractivity contribution in [2.45, 2.75) is 110 Å². The summed E-state index contributed by atoms with van der Waals surface area (Å²) in [6.45, 7) is 11.2. The summed E-state index contributed by atoms with van der Waals surface area (Å²) in [6.07, 6.45) is 9.79. The zero-order valence-electron chi connectivity index (χ0n) is 25.0. The summed E-state index contributed by atoms with van der Waals surface area (Å²) >= 11 is 0. The monoisotopic (exact) mass is 574 g/mol. The number of nitro groups is 1. The van der Waals surface area contributed by atoms with Gasteiger partial charge >= 0.3 is 7.12 Å². The number of guanidine groups is 1. The second-order valence-corrected chi connectivity index (χ2v) is 13.5. The third-order valence-corrected chi connectivity index (χ3v) is 9.74. The number of allylic oxidation sites excluding steroid dienone is 2. The Balaban J connectivity index is 1.40. The maximum absolute atomic E-state index is 13.7. The summed E-state index contributed by atoms with van der Waals surface area (Å²) in [5.74, 6) is 0.174. The lowest BCUT2D eigenvalue weighted by molar-refractivity contribution is -0.525. The molecule has 4 aliphatic carbocycles. The fraction of sp³-hybridized carbons (Fsp3) is 0.821. The maximum atomic E-state index is 13.7. The van der Waals surface area contributed by atoms with Crippen molar-refractivity contribution >= 4 is 24.9 Å². The first-order valence-corrected chi connectivity index (χ1v) is 15.1. The average molecular weight is 575 g/mol. The van der Waals surface area contributed by atoms with E-state index in [1.54, 1.807) is 5.43 Å². The van der Waals surface area contributed by atoms with E-state index in [1.165, 1.54) is 0 Å². The molecule has 1 heterocycles. The molecule has 1 saturated heterocycles. The van der Waals surface area contributed by atoms with Gasteiger partial charge in [0, 0.05) is 13.0 Å². The molecule has 0 aromatic rings. The summed E-state index contributed by atoms with van der Waals surface area (Å²) < 4.78 is 13.2. The van der Waals surface area contributed by atoms with Gasteiger partial charge in [-0.2, -0.15) is 0 Å². The van der Waals surface area contributed by atoms with Crippen LogP contribution in [0.3, 0.4) is 0 Å². The number of nitrogens with zero attached hydrogens (tertiary/aromatic N) is 1. The first-order chi connectivity index (χ1) is 19.3. The molecule has 4 fully saturated rings. The van der Waals surface area contributed by atoms with Gasteiger partial charge in [-0.05, 0) is 81.0 Å². The molecule has 2 bridgehead atoms. The molecular formula is C28H47BN6O6. The molecule has 1 unspecified atom stereocenters. The van der Waals surface area contributed by atoms with Crippen LogP contribution in [0.1, 0.15) is 86.0 Å². The summed E-state index contributed by atoms with van der Waals surface area (Å²) in [7, 11) is -0.568. The highest BCUT2D eigenvalue weighted by molar-refractivity contribution is 6.48. The molecular weight excluding hydrogens is 527 g/mol. The van der Waals surface area contributed by atoms with Gasteiger partial charge in [-0.1, -0.05) is 45.3 Å². The highest BCUT2D eigenvalue weighted by atomic mass is 16.7. The molecule has 0 aromatic heterocycles. The Morgan fingerprint density at radius 2 is 1.98 bits per heavy atom. The Morgan fingerprint density at radius 3 is 2.61 bits per heavy atom. The molecule has 0 aromatic carbocycles. The molecule has 41 heavy (non-hydrogen) atoms. The lowest BCUT2D eigenvalue weighted by Crippen LogP contribution is -2.65. The fourth-order valence-electron chi connectivity index (χ4n) is 7.38. The van der Waals surface area contributed by atoms with Gasteiger partial charge in [0.25, 0.3) is 5.96 Å². The lowest BCUT2D eigenvalue weighted by Gasteiger charge is -2.64. The zero-order valence-corrected chi connectivity index (χ0v) is 25.0. The number of hydrazine groups is 1. The second-order valence-electron chi connectivity index (χ2n) is 13.5. The molecule has 3 saturated carbocycles. The van der Waals surface area contributed by atoms with Gasteiger partial charge in [-0.25, -0.2) is 10.1 Å². The highest BCUT2D eigenvalue weighted by Crippen LogP contribution is 2.65. The summed E-state index contributed by atoms with van der Waals surface area (Å²) in [4.78, 5) is 37.1. The molecule has 5 N–H and O–H groups in total. The van der Waals surface area contributed by atoms with Gasteiger partial charge in [-0.15, -0.1) is 0 Å². The van der Waals surface area contributed by atoms with Crippen LogP contribution in [0.25, 0.3) is 0 Å². The van der Waals surface area contributed by atoms with E-state index in [4.69, 9.17) is 14.7 Å². The molecule has 5 aliphatic rings.